The Labute approximate surface area is 126 Å². The molecule has 0 fully saturated rings. The summed E-state index contributed by atoms with van der Waals surface area (Å²) in [5.74, 6) is 0.174. The van der Waals surface area contributed by atoms with E-state index in [0.29, 0.717) is 10.8 Å². The fourth-order valence-electron chi connectivity index (χ4n) is 1.72. The van der Waals surface area contributed by atoms with E-state index in [1.165, 1.54) is 12.3 Å². The standard InChI is InChI=1S/C15H15ClN2O3/c1-10(21-13-5-3-2-4-12(13)16)15(20)18-9-11-6-7-17-14(19)8-11/h2-8,10H,9H2,1H3,(H,17,19)(H,18,20). The van der Waals surface area contributed by atoms with Gasteiger partial charge in [0.25, 0.3) is 5.91 Å². The lowest BCUT2D eigenvalue weighted by Crippen LogP contribution is -2.36. The molecule has 0 aliphatic rings. The third-order valence-corrected chi connectivity index (χ3v) is 3.13. The van der Waals surface area contributed by atoms with Gasteiger partial charge in [0, 0.05) is 18.8 Å². The number of pyridine rings is 1. The van der Waals surface area contributed by atoms with Crippen LogP contribution < -0.4 is 15.6 Å². The highest BCUT2D eigenvalue weighted by atomic mass is 35.5. The molecule has 1 amide bonds. The van der Waals surface area contributed by atoms with Crippen LogP contribution in [-0.2, 0) is 11.3 Å². The second kappa shape index (κ2) is 6.95. The van der Waals surface area contributed by atoms with E-state index < -0.39 is 6.10 Å². The maximum atomic E-state index is 12.0. The quantitative estimate of drug-likeness (QED) is 0.889. The lowest BCUT2D eigenvalue weighted by Gasteiger charge is -2.15. The van der Waals surface area contributed by atoms with E-state index in [2.05, 4.69) is 10.3 Å². The summed E-state index contributed by atoms with van der Waals surface area (Å²) in [7, 11) is 0. The first-order valence-electron chi connectivity index (χ1n) is 6.43. The SMILES string of the molecule is CC(Oc1ccccc1Cl)C(=O)NCc1cc[nH]c(=O)c1. The summed E-state index contributed by atoms with van der Waals surface area (Å²) in [4.78, 5) is 25.6. The molecule has 21 heavy (non-hydrogen) atoms. The third-order valence-electron chi connectivity index (χ3n) is 2.82. The van der Waals surface area contributed by atoms with Crippen molar-refractivity contribution in [1.29, 1.82) is 0 Å². The summed E-state index contributed by atoms with van der Waals surface area (Å²) in [5.41, 5.74) is 0.513. The lowest BCUT2D eigenvalue weighted by molar-refractivity contribution is -0.127. The van der Waals surface area contributed by atoms with E-state index in [-0.39, 0.29) is 18.0 Å². The number of halogens is 1. The minimum Gasteiger partial charge on any atom is -0.479 e. The molecular formula is C15H15ClN2O3. The molecule has 0 aliphatic heterocycles. The van der Waals surface area contributed by atoms with Gasteiger partial charge in [0.15, 0.2) is 6.10 Å². The Bertz CT molecular complexity index is 684. The Hall–Kier alpha value is -2.27. The molecule has 2 aromatic rings. The summed E-state index contributed by atoms with van der Waals surface area (Å²) in [6.07, 6.45) is 0.847. The van der Waals surface area contributed by atoms with Crippen molar-refractivity contribution in [1.82, 2.24) is 10.3 Å². The summed E-state index contributed by atoms with van der Waals surface area (Å²) < 4.78 is 5.51. The van der Waals surface area contributed by atoms with Crippen LogP contribution in [0.25, 0.3) is 0 Å². The van der Waals surface area contributed by atoms with E-state index in [0.717, 1.165) is 5.56 Å². The maximum Gasteiger partial charge on any atom is 0.261 e. The van der Waals surface area contributed by atoms with Gasteiger partial charge in [-0.05, 0) is 30.7 Å². The van der Waals surface area contributed by atoms with Gasteiger partial charge in [-0.2, -0.15) is 0 Å². The number of ether oxygens (including phenoxy) is 1. The summed E-state index contributed by atoms with van der Waals surface area (Å²) in [6, 6.07) is 10.1. The molecule has 1 aromatic heterocycles. The number of H-pyrrole nitrogens is 1. The first-order valence-corrected chi connectivity index (χ1v) is 6.80. The minimum atomic E-state index is -0.688. The number of aromatic nitrogens is 1. The Morgan fingerprint density at radius 1 is 1.38 bits per heavy atom. The molecule has 0 bridgehead atoms. The number of hydrogen-bond acceptors (Lipinski definition) is 3. The highest BCUT2D eigenvalue weighted by molar-refractivity contribution is 6.32. The van der Waals surface area contributed by atoms with E-state index in [1.807, 2.05) is 0 Å². The van der Waals surface area contributed by atoms with Crippen molar-refractivity contribution < 1.29 is 9.53 Å². The fraction of sp³-hybridized carbons (Fsp3) is 0.200. The number of carbonyl (C=O) groups is 1. The zero-order valence-corrected chi connectivity index (χ0v) is 12.2. The first kappa shape index (κ1) is 15.1. The van der Waals surface area contributed by atoms with Gasteiger partial charge in [-0.3, -0.25) is 9.59 Å². The highest BCUT2D eigenvalue weighted by Gasteiger charge is 2.15. The zero-order valence-electron chi connectivity index (χ0n) is 11.4. The average molecular weight is 307 g/mol. The monoisotopic (exact) mass is 306 g/mol. The van der Waals surface area contributed by atoms with Crippen molar-refractivity contribution in [2.75, 3.05) is 0 Å². The minimum absolute atomic E-state index is 0.206. The van der Waals surface area contributed by atoms with Crippen LogP contribution in [0.3, 0.4) is 0 Å². The molecule has 1 atom stereocenters. The molecule has 5 nitrogen and oxygen atoms in total. The number of carbonyl (C=O) groups excluding carboxylic acids is 1. The number of aromatic amines is 1. The van der Waals surface area contributed by atoms with Crippen molar-refractivity contribution in [2.45, 2.75) is 19.6 Å². The summed E-state index contributed by atoms with van der Waals surface area (Å²) >= 11 is 5.97. The first-order chi connectivity index (χ1) is 10.1. The Balaban J connectivity index is 1.91. The van der Waals surface area contributed by atoms with Crippen LogP contribution in [-0.4, -0.2) is 17.0 Å². The number of hydrogen-bond donors (Lipinski definition) is 2. The van der Waals surface area contributed by atoms with Gasteiger partial charge < -0.3 is 15.0 Å². The summed E-state index contributed by atoms with van der Waals surface area (Å²) in [6.45, 7) is 1.90. The average Bonchev–Trinajstić information content (AvgIpc) is 2.47. The molecule has 0 spiro atoms. The molecular weight excluding hydrogens is 292 g/mol. The lowest BCUT2D eigenvalue weighted by atomic mass is 10.2. The van der Waals surface area contributed by atoms with Gasteiger partial charge in [0.2, 0.25) is 5.56 Å². The van der Waals surface area contributed by atoms with Gasteiger partial charge in [-0.15, -0.1) is 0 Å². The molecule has 1 aromatic carbocycles. The van der Waals surface area contributed by atoms with E-state index in [9.17, 15) is 9.59 Å². The van der Waals surface area contributed by atoms with E-state index >= 15 is 0 Å². The van der Waals surface area contributed by atoms with Crippen LogP contribution in [0, 0.1) is 0 Å². The fourth-order valence-corrected chi connectivity index (χ4v) is 1.90. The number of rotatable bonds is 5. The molecule has 1 heterocycles. The Kier molecular flexibility index (Phi) is 5.00. The van der Waals surface area contributed by atoms with Crippen LogP contribution >= 0.6 is 11.6 Å². The number of benzene rings is 1. The van der Waals surface area contributed by atoms with Crippen LogP contribution in [0.4, 0.5) is 0 Å². The topological polar surface area (TPSA) is 71.2 Å². The molecule has 110 valence electrons. The predicted molar refractivity (Wildman–Crippen MR) is 80.5 cm³/mol. The van der Waals surface area contributed by atoms with Crippen molar-refractivity contribution in [3.63, 3.8) is 0 Å². The van der Waals surface area contributed by atoms with Crippen LogP contribution in [0.15, 0.2) is 47.4 Å². The highest BCUT2D eigenvalue weighted by Crippen LogP contribution is 2.24. The second-order valence-corrected chi connectivity index (χ2v) is 4.88. The zero-order chi connectivity index (χ0) is 15.2. The predicted octanol–water partition coefficient (Wildman–Crippen LogP) is 2.11. The van der Waals surface area contributed by atoms with Crippen molar-refractivity contribution >= 4 is 17.5 Å². The number of nitrogens with one attached hydrogen (secondary N) is 2. The molecule has 0 aliphatic carbocycles. The van der Waals surface area contributed by atoms with Crippen LogP contribution in [0.5, 0.6) is 5.75 Å². The molecule has 0 saturated carbocycles. The Morgan fingerprint density at radius 2 is 2.14 bits per heavy atom. The largest absolute Gasteiger partial charge is 0.479 e. The second-order valence-electron chi connectivity index (χ2n) is 4.47. The molecule has 6 heteroatoms. The van der Waals surface area contributed by atoms with Crippen LogP contribution in [0.1, 0.15) is 12.5 Å². The van der Waals surface area contributed by atoms with Gasteiger partial charge >= 0.3 is 0 Å². The van der Waals surface area contributed by atoms with Crippen molar-refractivity contribution in [3.05, 3.63) is 63.5 Å². The number of amides is 1. The van der Waals surface area contributed by atoms with Gasteiger partial charge in [-0.25, -0.2) is 0 Å². The van der Waals surface area contributed by atoms with E-state index in [4.69, 9.17) is 16.3 Å². The third kappa shape index (κ3) is 4.36. The number of para-hydroxylation sites is 1. The van der Waals surface area contributed by atoms with E-state index in [1.54, 1.807) is 37.3 Å². The van der Waals surface area contributed by atoms with Gasteiger partial charge in [0.1, 0.15) is 5.75 Å². The maximum absolute atomic E-state index is 12.0. The molecule has 0 saturated heterocycles. The van der Waals surface area contributed by atoms with Crippen molar-refractivity contribution in [2.24, 2.45) is 0 Å². The molecule has 2 N–H and O–H groups in total. The Morgan fingerprint density at radius 3 is 2.86 bits per heavy atom. The summed E-state index contributed by atoms with van der Waals surface area (Å²) in [5, 5.41) is 3.16. The molecule has 0 radical (unpaired) electrons. The molecule has 1 unspecified atom stereocenters. The normalized spacial score (nSPS) is 11.7. The van der Waals surface area contributed by atoms with Gasteiger partial charge in [-0.1, -0.05) is 23.7 Å². The smallest absolute Gasteiger partial charge is 0.261 e. The van der Waals surface area contributed by atoms with Gasteiger partial charge in [0.05, 0.1) is 5.02 Å². The molecule has 2 rings (SSSR count). The van der Waals surface area contributed by atoms with Crippen molar-refractivity contribution in [3.8, 4) is 5.75 Å². The van der Waals surface area contributed by atoms with Crippen LogP contribution in [0.2, 0.25) is 5.02 Å².